The molecule has 102 valence electrons. The molecular weight excluding hydrogens is 256 g/mol. The van der Waals surface area contributed by atoms with Crippen molar-refractivity contribution in [3.05, 3.63) is 35.4 Å². The summed E-state index contributed by atoms with van der Waals surface area (Å²) in [7, 11) is 1.23. The van der Waals surface area contributed by atoms with Gasteiger partial charge in [-0.2, -0.15) is 0 Å². The van der Waals surface area contributed by atoms with E-state index in [0.29, 0.717) is 18.7 Å². The van der Waals surface area contributed by atoms with Crippen molar-refractivity contribution < 1.29 is 18.3 Å². The summed E-state index contributed by atoms with van der Waals surface area (Å²) >= 11 is 0. The topological polar surface area (TPSA) is 62.7 Å². The van der Waals surface area contributed by atoms with E-state index in [-0.39, 0.29) is 5.56 Å². The van der Waals surface area contributed by atoms with E-state index in [9.17, 15) is 13.6 Å². The number of carbonyl (C=O) groups excluding carboxylic acids is 1. The van der Waals surface area contributed by atoms with Gasteiger partial charge in [0.25, 0.3) is 0 Å². The molecule has 0 saturated heterocycles. The third-order valence-corrected chi connectivity index (χ3v) is 2.79. The van der Waals surface area contributed by atoms with Crippen LogP contribution in [-0.4, -0.2) is 19.0 Å². The van der Waals surface area contributed by atoms with Gasteiger partial charge >= 0.3 is 6.09 Å². The van der Waals surface area contributed by atoms with Gasteiger partial charge in [-0.15, -0.1) is 0 Å². The van der Waals surface area contributed by atoms with E-state index in [1.165, 1.54) is 25.3 Å². The normalized spacial score (nSPS) is 17.8. The average Bonchev–Trinajstić information content (AvgIpc) is 2.84. The quantitative estimate of drug-likeness (QED) is 0.767. The van der Waals surface area contributed by atoms with E-state index in [2.05, 4.69) is 20.6 Å². The van der Waals surface area contributed by atoms with Crippen LogP contribution in [-0.2, 0) is 4.74 Å². The number of rotatable bonds is 1. The van der Waals surface area contributed by atoms with E-state index in [4.69, 9.17) is 0 Å². The van der Waals surface area contributed by atoms with Crippen molar-refractivity contribution in [2.75, 3.05) is 7.11 Å². The number of hydrazine groups is 1. The zero-order chi connectivity index (χ0) is 13.8. The minimum absolute atomic E-state index is 0.0441. The fourth-order valence-corrected chi connectivity index (χ4v) is 1.90. The molecular formula is C12H13F2N3O2. The molecule has 0 aromatic heterocycles. The molecule has 1 heterocycles. The first-order chi connectivity index (χ1) is 9.11. The van der Waals surface area contributed by atoms with Crippen molar-refractivity contribution in [1.82, 2.24) is 10.9 Å². The molecule has 2 rings (SSSR count). The smallest absolute Gasteiger partial charge is 0.425 e. The van der Waals surface area contributed by atoms with Gasteiger partial charge in [0.2, 0.25) is 0 Å². The Bertz CT molecular complexity index is 499. The number of nitrogens with one attached hydrogen (secondary N) is 2. The molecule has 1 atom stereocenters. The Labute approximate surface area is 108 Å². The largest absolute Gasteiger partial charge is 0.452 e. The first-order valence-corrected chi connectivity index (χ1v) is 5.72. The lowest BCUT2D eigenvalue weighted by Gasteiger charge is -2.09. The van der Waals surface area contributed by atoms with Crippen molar-refractivity contribution in [2.45, 2.75) is 18.9 Å². The van der Waals surface area contributed by atoms with E-state index < -0.39 is 23.8 Å². The molecule has 0 aliphatic carbocycles. The number of halogens is 2. The fourth-order valence-electron chi connectivity index (χ4n) is 1.90. The predicted molar refractivity (Wildman–Crippen MR) is 64.4 cm³/mol. The molecule has 0 saturated carbocycles. The highest BCUT2D eigenvalue weighted by molar-refractivity contribution is 5.85. The SMILES string of the molecule is COC(=O)NNC1=NC(c2c(F)cccc2F)CC1. The maximum atomic E-state index is 13.6. The van der Waals surface area contributed by atoms with Crippen molar-refractivity contribution in [3.63, 3.8) is 0 Å². The van der Waals surface area contributed by atoms with E-state index in [1.54, 1.807) is 0 Å². The first-order valence-electron chi connectivity index (χ1n) is 5.72. The van der Waals surface area contributed by atoms with Gasteiger partial charge in [-0.3, -0.25) is 10.4 Å². The molecule has 2 N–H and O–H groups in total. The minimum Gasteiger partial charge on any atom is -0.452 e. The summed E-state index contributed by atoms with van der Waals surface area (Å²) < 4.78 is 31.5. The highest BCUT2D eigenvalue weighted by Crippen LogP contribution is 2.31. The van der Waals surface area contributed by atoms with Gasteiger partial charge in [0.15, 0.2) is 0 Å². The average molecular weight is 269 g/mol. The van der Waals surface area contributed by atoms with Crippen LogP contribution in [0.3, 0.4) is 0 Å². The maximum Gasteiger partial charge on any atom is 0.425 e. The van der Waals surface area contributed by atoms with Crippen LogP contribution >= 0.6 is 0 Å². The number of ether oxygens (including phenoxy) is 1. The molecule has 1 aliphatic rings. The van der Waals surface area contributed by atoms with Gasteiger partial charge in [-0.05, 0) is 18.6 Å². The zero-order valence-electron chi connectivity index (χ0n) is 10.2. The fraction of sp³-hybridized carbons (Fsp3) is 0.333. The maximum absolute atomic E-state index is 13.6. The molecule has 19 heavy (non-hydrogen) atoms. The lowest BCUT2D eigenvalue weighted by molar-refractivity contribution is 0.168. The van der Waals surface area contributed by atoms with Crippen LogP contribution in [0, 0.1) is 11.6 Å². The Hall–Kier alpha value is -2.18. The molecule has 0 spiro atoms. The van der Waals surface area contributed by atoms with Crippen molar-refractivity contribution in [1.29, 1.82) is 0 Å². The van der Waals surface area contributed by atoms with Crippen molar-refractivity contribution in [2.24, 2.45) is 4.99 Å². The van der Waals surface area contributed by atoms with Gasteiger partial charge < -0.3 is 4.74 Å². The molecule has 0 radical (unpaired) electrons. The van der Waals surface area contributed by atoms with Crippen LogP contribution in [0.25, 0.3) is 0 Å². The number of hydrogen-bond donors (Lipinski definition) is 2. The van der Waals surface area contributed by atoms with Crippen LogP contribution in [0.4, 0.5) is 13.6 Å². The number of benzene rings is 1. The van der Waals surface area contributed by atoms with Crippen LogP contribution in [0.15, 0.2) is 23.2 Å². The molecule has 7 heteroatoms. The van der Waals surface area contributed by atoms with Crippen LogP contribution in [0.2, 0.25) is 0 Å². The molecule has 1 aromatic rings. The minimum atomic E-state index is -0.664. The number of nitrogens with zero attached hydrogens (tertiary/aromatic N) is 1. The molecule has 5 nitrogen and oxygen atoms in total. The van der Waals surface area contributed by atoms with Crippen LogP contribution in [0.1, 0.15) is 24.4 Å². The number of amides is 1. The number of aliphatic imine (C=N–C) groups is 1. The highest BCUT2D eigenvalue weighted by Gasteiger charge is 2.25. The van der Waals surface area contributed by atoms with E-state index >= 15 is 0 Å². The van der Waals surface area contributed by atoms with Crippen LogP contribution < -0.4 is 10.9 Å². The lowest BCUT2D eigenvalue weighted by atomic mass is 10.0. The molecule has 1 amide bonds. The first kappa shape index (κ1) is 13.3. The number of amidine groups is 1. The third-order valence-electron chi connectivity index (χ3n) is 2.79. The van der Waals surface area contributed by atoms with Crippen molar-refractivity contribution in [3.8, 4) is 0 Å². The van der Waals surface area contributed by atoms with Gasteiger partial charge in [0, 0.05) is 12.0 Å². The Balaban J connectivity index is 2.08. The van der Waals surface area contributed by atoms with Gasteiger partial charge in [-0.25, -0.2) is 19.0 Å². The summed E-state index contributed by atoms with van der Waals surface area (Å²) in [5.74, 6) is -0.773. The summed E-state index contributed by atoms with van der Waals surface area (Å²) in [5, 5.41) is 0. The summed E-state index contributed by atoms with van der Waals surface area (Å²) in [6, 6.07) is 3.13. The van der Waals surface area contributed by atoms with E-state index in [1.807, 2.05) is 0 Å². The second-order valence-electron chi connectivity index (χ2n) is 4.01. The molecule has 1 aromatic carbocycles. The summed E-state index contributed by atoms with van der Waals surface area (Å²) in [6.07, 6.45) is 0.300. The summed E-state index contributed by atoms with van der Waals surface area (Å²) in [5.41, 5.74) is 4.75. The van der Waals surface area contributed by atoms with Crippen LogP contribution in [0.5, 0.6) is 0 Å². The molecule has 0 bridgehead atoms. The molecule has 1 unspecified atom stereocenters. The zero-order valence-corrected chi connectivity index (χ0v) is 10.2. The predicted octanol–water partition coefficient (Wildman–Crippen LogP) is 2.06. The summed E-state index contributed by atoms with van der Waals surface area (Å²) in [6.45, 7) is 0. The van der Waals surface area contributed by atoms with E-state index in [0.717, 1.165) is 0 Å². The molecule has 0 fully saturated rings. The molecule has 1 aliphatic heterocycles. The van der Waals surface area contributed by atoms with Gasteiger partial charge in [-0.1, -0.05) is 6.07 Å². The Kier molecular flexibility index (Phi) is 3.94. The third kappa shape index (κ3) is 2.98. The monoisotopic (exact) mass is 269 g/mol. The second kappa shape index (κ2) is 5.64. The second-order valence-corrected chi connectivity index (χ2v) is 4.01. The van der Waals surface area contributed by atoms with Gasteiger partial charge in [0.1, 0.15) is 17.5 Å². The number of carbonyl (C=O) groups is 1. The standard InChI is InChI=1S/C12H13F2N3O2/c1-19-12(18)17-16-10-6-5-9(15-10)11-7(13)3-2-4-8(11)14/h2-4,9H,5-6H2,1H3,(H,15,16)(H,17,18). The Morgan fingerprint density at radius 2 is 2.11 bits per heavy atom. The highest BCUT2D eigenvalue weighted by atomic mass is 19.1. The number of methoxy groups -OCH3 is 1. The number of hydrogen-bond acceptors (Lipinski definition) is 4. The summed E-state index contributed by atoms with van der Waals surface area (Å²) in [4.78, 5) is 15.0. The lowest BCUT2D eigenvalue weighted by Crippen LogP contribution is -2.40. The van der Waals surface area contributed by atoms with Gasteiger partial charge in [0.05, 0.1) is 13.2 Å². The Morgan fingerprint density at radius 1 is 1.42 bits per heavy atom. The van der Waals surface area contributed by atoms with Crippen molar-refractivity contribution >= 4 is 11.9 Å². The Morgan fingerprint density at radius 3 is 2.74 bits per heavy atom.